The Kier molecular flexibility index (Phi) is 11.6. The molecule has 3 heteroatoms. The molecule has 0 bridgehead atoms. The Morgan fingerprint density at radius 1 is 1.12 bits per heavy atom. The van der Waals surface area contributed by atoms with Crippen molar-refractivity contribution in [3.8, 4) is 0 Å². The maximum Gasteiger partial charge on any atom is 0.303 e. The second kappa shape index (κ2) is 12.2. The Labute approximate surface area is 98.9 Å². The van der Waals surface area contributed by atoms with Crippen molar-refractivity contribution >= 4 is 5.97 Å². The van der Waals surface area contributed by atoms with E-state index < -0.39 is 5.97 Å². The van der Waals surface area contributed by atoms with E-state index in [2.05, 4.69) is 24.4 Å². The normalized spacial score (nSPS) is 11.1. The molecule has 0 heterocycles. The number of rotatable bonds is 11. The van der Waals surface area contributed by atoms with Crippen LogP contribution in [0.1, 0.15) is 51.9 Å². The van der Waals surface area contributed by atoms with Gasteiger partial charge in [-0.25, -0.2) is 0 Å². The molecule has 0 aliphatic rings. The first-order valence-corrected chi connectivity index (χ1v) is 6.35. The fourth-order valence-electron chi connectivity index (χ4n) is 1.47. The molecule has 0 fully saturated rings. The molecule has 0 saturated carbocycles. The molecule has 0 saturated heterocycles. The second-order valence-electron chi connectivity index (χ2n) is 3.96. The summed E-state index contributed by atoms with van der Waals surface area (Å²) in [6.45, 7) is 4.31. The van der Waals surface area contributed by atoms with Gasteiger partial charge in [-0.3, -0.25) is 4.79 Å². The van der Waals surface area contributed by atoms with Crippen molar-refractivity contribution < 1.29 is 9.90 Å². The molecule has 0 atom stereocenters. The summed E-state index contributed by atoms with van der Waals surface area (Å²) in [5.74, 6) is -0.697. The van der Waals surface area contributed by atoms with Crippen molar-refractivity contribution in [2.24, 2.45) is 0 Å². The fourth-order valence-corrected chi connectivity index (χ4v) is 1.47. The molecule has 0 spiro atoms. The fraction of sp³-hybridized carbons (Fsp3) is 0.769. The highest BCUT2D eigenvalue weighted by atomic mass is 16.4. The van der Waals surface area contributed by atoms with Crippen molar-refractivity contribution in [2.75, 3.05) is 13.1 Å². The lowest BCUT2D eigenvalue weighted by atomic mass is 10.1. The van der Waals surface area contributed by atoms with Crippen LogP contribution >= 0.6 is 0 Å². The molecule has 0 aromatic carbocycles. The number of hydrogen-bond donors (Lipinski definition) is 2. The molecule has 2 N–H and O–H groups in total. The van der Waals surface area contributed by atoms with Gasteiger partial charge in [0, 0.05) is 6.42 Å². The molecular weight excluding hydrogens is 202 g/mol. The van der Waals surface area contributed by atoms with E-state index in [1.807, 2.05) is 0 Å². The van der Waals surface area contributed by atoms with Gasteiger partial charge in [0.1, 0.15) is 0 Å². The largest absolute Gasteiger partial charge is 0.481 e. The lowest BCUT2D eigenvalue weighted by Gasteiger charge is -1.99. The second-order valence-corrected chi connectivity index (χ2v) is 3.96. The van der Waals surface area contributed by atoms with E-state index in [1.165, 1.54) is 19.3 Å². The average Bonchev–Trinajstić information content (AvgIpc) is 2.25. The van der Waals surface area contributed by atoms with Crippen molar-refractivity contribution in [1.29, 1.82) is 0 Å². The number of hydrogen-bond acceptors (Lipinski definition) is 2. The van der Waals surface area contributed by atoms with E-state index in [0.717, 1.165) is 32.4 Å². The third-order valence-corrected chi connectivity index (χ3v) is 2.40. The van der Waals surface area contributed by atoms with Crippen LogP contribution < -0.4 is 5.32 Å². The number of carboxylic acid groups (broad SMARTS) is 1. The minimum Gasteiger partial charge on any atom is -0.481 e. The van der Waals surface area contributed by atoms with E-state index in [0.29, 0.717) is 0 Å². The molecule has 0 amide bonds. The van der Waals surface area contributed by atoms with Crippen molar-refractivity contribution in [3.05, 3.63) is 12.2 Å². The third kappa shape index (κ3) is 13.2. The van der Waals surface area contributed by atoms with Crippen LogP contribution in [0.3, 0.4) is 0 Å². The zero-order chi connectivity index (χ0) is 12.1. The van der Waals surface area contributed by atoms with Gasteiger partial charge >= 0.3 is 5.97 Å². The van der Waals surface area contributed by atoms with Crippen LogP contribution in [0.4, 0.5) is 0 Å². The number of allylic oxidation sites excluding steroid dienone is 2. The van der Waals surface area contributed by atoms with Crippen molar-refractivity contribution in [3.63, 3.8) is 0 Å². The SMILES string of the molecule is CCNCCCCC/C=C\CCCC(=O)O. The molecule has 0 rings (SSSR count). The molecule has 94 valence electrons. The van der Waals surface area contributed by atoms with Gasteiger partial charge in [-0.1, -0.05) is 25.5 Å². The molecule has 0 radical (unpaired) electrons. The molecule has 0 aliphatic carbocycles. The quantitative estimate of drug-likeness (QED) is 0.421. The average molecular weight is 227 g/mol. The van der Waals surface area contributed by atoms with Gasteiger partial charge in [0.25, 0.3) is 0 Å². The van der Waals surface area contributed by atoms with Crippen LogP contribution in [-0.4, -0.2) is 24.2 Å². The predicted molar refractivity (Wildman–Crippen MR) is 67.6 cm³/mol. The molecule has 16 heavy (non-hydrogen) atoms. The highest BCUT2D eigenvalue weighted by molar-refractivity contribution is 5.66. The standard InChI is InChI=1S/C13H25NO2/c1-2-14-12-10-8-6-4-3-5-7-9-11-13(15)16/h3,5,14H,2,4,6-12H2,1H3,(H,15,16)/b5-3-. The highest BCUT2D eigenvalue weighted by Crippen LogP contribution is 2.02. The number of aliphatic carboxylic acids is 1. The van der Waals surface area contributed by atoms with Gasteiger partial charge in [-0.15, -0.1) is 0 Å². The molecular formula is C13H25NO2. The lowest BCUT2D eigenvalue weighted by Crippen LogP contribution is -2.13. The van der Waals surface area contributed by atoms with Gasteiger partial charge in [0.2, 0.25) is 0 Å². The highest BCUT2D eigenvalue weighted by Gasteiger charge is 1.93. The molecule has 0 aromatic rings. The maximum absolute atomic E-state index is 10.2. The Balaban J connectivity index is 3.06. The van der Waals surface area contributed by atoms with Crippen molar-refractivity contribution in [2.45, 2.75) is 51.9 Å². The topological polar surface area (TPSA) is 49.3 Å². The zero-order valence-electron chi connectivity index (χ0n) is 10.4. The third-order valence-electron chi connectivity index (χ3n) is 2.40. The first-order valence-electron chi connectivity index (χ1n) is 6.35. The van der Waals surface area contributed by atoms with Crippen LogP contribution in [-0.2, 0) is 4.79 Å². The van der Waals surface area contributed by atoms with Crippen LogP contribution in [0.25, 0.3) is 0 Å². The molecule has 0 aliphatic heterocycles. The summed E-state index contributed by atoms with van der Waals surface area (Å²) in [4.78, 5) is 10.2. The predicted octanol–water partition coefficient (Wildman–Crippen LogP) is 2.97. The summed E-state index contributed by atoms with van der Waals surface area (Å²) in [7, 11) is 0. The van der Waals surface area contributed by atoms with E-state index in [-0.39, 0.29) is 6.42 Å². The van der Waals surface area contributed by atoms with Crippen LogP contribution in [0.5, 0.6) is 0 Å². The number of unbranched alkanes of at least 4 members (excludes halogenated alkanes) is 4. The zero-order valence-corrected chi connectivity index (χ0v) is 10.4. The van der Waals surface area contributed by atoms with Gasteiger partial charge in [0.15, 0.2) is 0 Å². The van der Waals surface area contributed by atoms with E-state index in [4.69, 9.17) is 5.11 Å². The monoisotopic (exact) mass is 227 g/mol. The van der Waals surface area contributed by atoms with Gasteiger partial charge < -0.3 is 10.4 Å². The summed E-state index contributed by atoms with van der Waals surface area (Å²) in [6, 6.07) is 0. The van der Waals surface area contributed by atoms with Crippen LogP contribution in [0.2, 0.25) is 0 Å². The van der Waals surface area contributed by atoms with E-state index in [9.17, 15) is 4.79 Å². The van der Waals surface area contributed by atoms with Crippen LogP contribution in [0, 0.1) is 0 Å². The lowest BCUT2D eigenvalue weighted by molar-refractivity contribution is -0.137. The van der Waals surface area contributed by atoms with Crippen molar-refractivity contribution in [1.82, 2.24) is 5.32 Å². The van der Waals surface area contributed by atoms with Crippen LogP contribution in [0.15, 0.2) is 12.2 Å². The first kappa shape index (κ1) is 15.2. The Morgan fingerprint density at radius 2 is 1.81 bits per heavy atom. The van der Waals surface area contributed by atoms with E-state index in [1.54, 1.807) is 0 Å². The minimum absolute atomic E-state index is 0.285. The maximum atomic E-state index is 10.2. The molecule has 0 unspecified atom stereocenters. The van der Waals surface area contributed by atoms with E-state index >= 15 is 0 Å². The smallest absolute Gasteiger partial charge is 0.303 e. The summed E-state index contributed by atoms with van der Waals surface area (Å²) < 4.78 is 0. The Bertz CT molecular complexity index is 190. The Morgan fingerprint density at radius 3 is 2.44 bits per heavy atom. The molecule has 0 aromatic heterocycles. The number of carboxylic acids is 1. The van der Waals surface area contributed by atoms with Gasteiger partial charge in [0.05, 0.1) is 0 Å². The summed E-state index contributed by atoms with van der Waals surface area (Å²) in [5.41, 5.74) is 0. The minimum atomic E-state index is -0.697. The Hall–Kier alpha value is -0.830. The number of carbonyl (C=O) groups is 1. The molecule has 3 nitrogen and oxygen atoms in total. The summed E-state index contributed by atoms with van der Waals surface area (Å²) >= 11 is 0. The first-order chi connectivity index (χ1) is 7.77. The van der Waals surface area contributed by atoms with Gasteiger partial charge in [-0.05, 0) is 45.2 Å². The summed E-state index contributed by atoms with van der Waals surface area (Å²) in [6.07, 6.45) is 11.1. The van der Waals surface area contributed by atoms with Gasteiger partial charge in [-0.2, -0.15) is 0 Å². The number of nitrogens with one attached hydrogen (secondary N) is 1. The summed E-state index contributed by atoms with van der Waals surface area (Å²) in [5, 5.41) is 11.7.